The number of aryl methyl sites for hydroxylation is 1. The van der Waals surface area contributed by atoms with Gasteiger partial charge >= 0.3 is 0 Å². The summed E-state index contributed by atoms with van der Waals surface area (Å²) in [5.74, 6) is 0. The number of hydroxylamine groups is 1. The molecule has 2 nitrogen and oxygen atoms in total. The van der Waals surface area contributed by atoms with E-state index < -0.39 is 0 Å². The Morgan fingerprint density at radius 1 is 1.38 bits per heavy atom. The van der Waals surface area contributed by atoms with Crippen LogP contribution in [0.15, 0.2) is 22.7 Å². The molecule has 0 bridgehead atoms. The predicted molar refractivity (Wildman–Crippen MR) is 57.4 cm³/mol. The molecule has 1 N–H and O–H groups in total. The van der Waals surface area contributed by atoms with Crippen LogP contribution in [-0.2, 0) is 17.8 Å². The summed E-state index contributed by atoms with van der Waals surface area (Å²) < 4.78 is 1.11. The molecular weight excluding hydrogens is 230 g/mol. The van der Waals surface area contributed by atoms with Gasteiger partial charge in [-0.15, -0.1) is 0 Å². The lowest BCUT2D eigenvalue weighted by molar-refractivity contribution is 0.0865. The highest BCUT2D eigenvalue weighted by molar-refractivity contribution is 9.10. The first-order valence-electron chi connectivity index (χ1n) is 4.31. The highest BCUT2D eigenvalue weighted by Crippen LogP contribution is 2.17. The molecule has 0 fully saturated rings. The maximum absolute atomic E-state index is 4.82. The molecule has 3 heteroatoms. The fourth-order valence-electron chi connectivity index (χ4n) is 1.25. The Hall–Kier alpha value is -0.380. The minimum atomic E-state index is 0.749. The SMILES string of the molecule is CCc1ccc(Br)cc1CNOC. The van der Waals surface area contributed by atoms with Gasteiger partial charge in [-0.2, -0.15) is 5.48 Å². The van der Waals surface area contributed by atoms with Crippen molar-refractivity contribution >= 4 is 15.9 Å². The summed E-state index contributed by atoms with van der Waals surface area (Å²) in [6, 6.07) is 6.32. The van der Waals surface area contributed by atoms with Crippen LogP contribution < -0.4 is 5.48 Å². The lowest BCUT2D eigenvalue weighted by atomic mass is 10.1. The van der Waals surface area contributed by atoms with Crippen LogP contribution in [0.5, 0.6) is 0 Å². The first-order valence-corrected chi connectivity index (χ1v) is 5.10. The van der Waals surface area contributed by atoms with Crippen molar-refractivity contribution in [3.8, 4) is 0 Å². The molecule has 0 unspecified atom stereocenters. The van der Waals surface area contributed by atoms with Gasteiger partial charge in [0, 0.05) is 11.0 Å². The number of halogens is 1. The zero-order chi connectivity index (χ0) is 9.68. The summed E-state index contributed by atoms with van der Waals surface area (Å²) in [6.07, 6.45) is 1.05. The number of nitrogens with one attached hydrogen (secondary N) is 1. The Morgan fingerprint density at radius 2 is 2.15 bits per heavy atom. The van der Waals surface area contributed by atoms with Crippen LogP contribution >= 0.6 is 15.9 Å². The van der Waals surface area contributed by atoms with Gasteiger partial charge in [-0.05, 0) is 29.7 Å². The van der Waals surface area contributed by atoms with E-state index in [4.69, 9.17) is 4.84 Å². The molecule has 0 aliphatic carbocycles. The molecule has 0 atom stereocenters. The molecular formula is C10H14BrNO. The lowest BCUT2D eigenvalue weighted by Gasteiger charge is -2.08. The smallest absolute Gasteiger partial charge is 0.0572 e. The minimum Gasteiger partial charge on any atom is -0.305 e. The maximum atomic E-state index is 4.82. The normalized spacial score (nSPS) is 10.4. The van der Waals surface area contributed by atoms with Gasteiger partial charge in [-0.1, -0.05) is 28.9 Å². The molecule has 13 heavy (non-hydrogen) atoms. The molecule has 0 amide bonds. The number of rotatable bonds is 4. The molecule has 0 saturated carbocycles. The van der Waals surface area contributed by atoms with E-state index in [1.165, 1.54) is 11.1 Å². The zero-order valence-corrected chi connectivity index (χ0v) is 9.52. The summed E-state index contributed by atoms with van der Waals surface area (Å²) in [5, 5.41) is 0. The fourth-order valence-corrected chi connectivity index (χ4v) is 1.66. The van der Waals surface area contributed by atoms with Crippen molar-refractivity contribution in [2.24, 2.45) is 0 Å². The molecule has 0 saturated heterocycles. The van der Waals surface area contributed by atoms with Gasteiger partial charge in [0.05, 0.1) is 7.11 Å². The van der Waals surface area contributed by atoms with E-state index in [9.17, 15) is 0 Å². The molecule has 0 radical (unpaired) electrons. The van der Waals surface area contributed by atoms with Gasteiger partial charge in [0.25, 0.3) is 0 Å². The first kappa shape index (κ1) is 10.7. The summed E-state index contributed by atoms with van der Waals surface area (Å²) in [7, 11) is 1.63. The lowest BCUT2D eigenvalue weighted by Crippen LogP contribution is -2.12. The topological polar surface area (TPSA) is 21.3 Å². The highest BCUT2D eigenvalue weighted by atomic mass is 79.9. The Bertz CT molecular complexity index is 276. The summed E-state index contributed by atoms with van der Waals surface area (Å²) in [6.45, 7) is 2.90. The van der Waals surface area contributed by atoms with Gasteiger partial charge in [-0.25, -0.2) is 0 Å². The quantitative estimate of drug-likeness (QED) is 0.822. The third-order valence-electron chi connectivity index (χ3n) is 1.96. The van der Waals surface area contributed by atoms with Crippen molar-refractivity contribution in [1.82, 2.24) is 5.48 Å². The van der Waals surface area contributed by atoms with E-state index in [1.807, 2.05) is 0 Å². The second-order valence-electron chi connectivity index (χ2n) is 2.79. The van der Waals surface area contributed by atoms with Crippen molar-refractivity contribution < 1.29 is 4.84 Å². The third kappa shape index (κ3) is 3.10. The second kappa shape index (κ2) is 5.37. The zero-order valence-electron chi connectivity index (χ0n) is 7.93. The maximum Gasteiger partial charge on any atom is 0.0572 e. The number of hydrogen-bond acceptors (Lipinski definition) is 2. The largest absolute Gasteiger partial charge is 0.305 e. The van der Waals surface area contributed by atoms with Crippen LogP contribution in [0.3, 0.4) is 0 Å². The van der Waals surface area contributed by atoms with Crippen molar-refractivity contribution in [1.29, 1.82) is 0 Å². The van der Waals surface area contributed by atoms with Gasteiger partial charge in [0.1, 0.15) is 0 Å². The van der Waals surface area contributed by atoms with Crippen molar-refractivity contribution in [3.63, 3.8) is 0 Å². The summed E-state index contributed by atoms with van der Waals surface area (Å²) in [4.78, 5) is 4.82. The third-order valence-corrected chi connectivity index (χ3v) is 2.45. The molecule has 1 aromatic rings. The molecule has 1 rings (SSSR count). The second-order valence-corrected chi connectivity index (χ2v) is 3.71. The average molecular weight is 244 g/mol. The number of benzene rings is 1. The van der Waals surface area contributed by atoms with E-state index in [1.54, 1.807) is 7.11 Å². The highest BCUT2D eigenvalue weighted by Gasteiger charge is 2.00. The average Bonchev–Trinajstić information content (AvgIpc) is 2.15. The van der Waals surface area contributed by atoms with Crippen LogP contribution in [0, 0.1) is 0 Å². The Kier molecular flexibility index (Phi) is 4.42. The fraction of sp³-hybridized carbons (Fsp3) is 0.400. The van der Waals surface area contributed by atoms with E-state index in [2.05, 4.69) is 46.5 Å². The minimum absolute atomic E-state index is 0.749. The van der Waals surface area contributed by atoms with E-state index >= 15 is 0 Å². The molecule has 0 aliphatic heterocycles. The van der Waals surface area contributed by atoms with Gasteiger partial charge in [0.15, 0.2) is 0 Å². The Morgan fingerprint density at radius 3 is 2.77 bits per heavy atom. The summed E-state index contributed by atoms with van der Waals surface area (Å²) in [5.41, 5.74) is 5.48. The number of hydrogen-bond donors (Lipinski definition) is 1. The van der Waals surface area contributed by atoms with Crippen LogP contribution in [-0.4, -0.2) is 7.11 Å². The molecule has 0 aliphatic rings. The Balaban J connectivity index is 2.81. The van der Waals surface area contributed by atoms with Crippen LogP contribution in [0.25, 0.3) is 0 Å². The predicted octanol–water partition coefficient (Wildman–Crippen LogP) is 2.66. The van der Waals surface area contributed by atoms with Gasteiger partial charge < -0.3 is 4.84 Å². The van der Waals surface area contributed by atoms with Crippen LogP contribution in [0.2, 0.25) is 0 Å². The molecule has 72 valence electrons. The van der Waals surface area contributed by atoms with Crippen LogP contribution in [0.1, 0.15) is 18.1 Å². The van der Waals surface area contributed by atoms with Gasteiger partial charge in [0.2, 0.25) is 0 Å². The van der Waals surface area contributed by atoms with Crippen LogP contribution in [0.4, 0.5) is 0 Å². The standard InChI is InChI=1S/C10H14BrNO/c1-3-8-4-5-10(11)6-9(8)7-12-13-2/h4-6,12H,3,7H2,1-2H3. The molecule has 0 heterocycles. The van der Waals surface area contributed by atoms with E-state index in [-0.39, 0.29) is 0 Å². The molecule has 0 aromatic heterocycles. The summed E-state index contributed by atoms with van der Waals surface area (Å²) >= 11 is 3.45. The van der Waals surface area contributed by atoms with Gasteiger partial charge in [-0.3, -0.25) is 0 Å². The monoisotopic (exact) mass is 243 g/mol. The molecule has 1 aromatic carbocycles. The Labute approximate surface area is 87.4 Å². The van der Waals surface area contributed by atoms with E-state index in [0.29, 0.717) is 0 Å². The van der Waals surface area contributed by atoms with Crippen molar-refractivity contribution in [3.05, 3.63) is 33.8 Å². The molecule has 0 spiro atoms. The van der Waals surface area contributed by atoms with Crippen molar-refractivity contribution in [2.45, 2.75) is 19.9 Å². The van der Waals surface area contributed by atoms with Crippen molar-refractivity contribution in [2.75, 3.05) is 7.11 Å². The first-order chi connectivity index (χ1) is 6.27. The van der Waals surface area contributed by atoms with E-state index in [0.717, 1.165) is 17.4 Å².